The molecule has 4 aromatic carbocycles. The van der Waals surface area contributed by atoms with Crippen LogP contribution in [0.3, 0.4) is 0 Å². The minimum atomic E-state index is 0. The molecule has 0 saturated carbocycles. The van der Waals surface area contributed by atoms with Crippen molar-refractivity contribution in [3.8, 4) is 34.1 Å². The molecule has 0 amide bonds. The van der Waals surface area contributed by atoms with E-state index in [0.717, 1.165) is 61.9 Å². The number of ether oxygens (including phenoxy) is 1. The molecule has 3 heterocycles. The van der Waals surface area contributed by atoms with E-state index in [1.165, 1.54) is 30.2 Å². The molecule has 6 heteroatoms. The van der Waals surface area contributed by atoms with Crippen molar-refractivity contribution < 1.29 is 25.8 Å². The monoisotopic (exact) mass is 825 g/mol. The molecule has 1 atom stereocenters. The first-order valence-corrected chi connectivity index (χ1v) is 17.0. The smallest absolute Gasteiger partial charge is 0.509 e. The average Bonchev–Trinajstić information content (AvgIpc) is 3.57. The van der Waals surface area contributed by atoms with Gasteiger partial charge in [0, 0.05) is 34.5 Å². The van der Waals surface area contributed by atoms with E-state index in [1.807, 2.05) is 47.3 Å². The molecular formula is C43H42N4OPt. The van der Waals surface area contributed by atoms with E-state index in [0.29, 0.717) is 17.4 Å². The zero-order valence-corrected chi connectivity index (χ0v) is 31.3. The zero-order chi connectivity index (χ0) is 33.4. The van der Waals surface area contributed by atoms with Crippen LogP contribution in [0.1, 0.15) is 68.5 Å². The molecule has 0 spiro atoms. The first-order valence-electron chi connectivity index (χ1n) is 17.0. The summed E-state index contributed by atoms with van der Waals surface area (Å²) in [4.78, 5) is 4.78. The number of hydrogen-bond donors (Lipinski definition) is 0. The predicted molar refractivity (Wildman–Crippen MR) is 197 cm³/mol. The Kier molecular flexibility index (Phi) is 10.2. The molecule has 7 aromatic rings. The van der Waals surface area contributed by atoms with Gasteiger partial charge in [0.25, 0.3) is 0 Å². The van der Waals surface area contributed by atoms with Crippen LogP contribution in [0.5, 0.6) is 11.5 Å². The van der Waals surface area contributed by atoms with Gasteiger partial charge in [-0.05, 0) is 85.0 Å². The quantitative estimate of drug-likeness (QED) is 0.129. The third kappa shape index (κ3) is 7.00. The SMILES string of the molecule is Cc1ccnc(-n2c3[c-]c(Oc4[c-]c(-n5nc(C)c(-c6ccccc6)c5C)ccc4)ccc3c3cc(C(C)CCCC(C)C)ccc32)c1.[Pt+2]. The maximum Gasteiger partial charge on any atom is 2.00 e. The van der Waals surface area contributed by atoms with Gasteiger partial charge >= 0.3 is 21.1 Å². The van der Waals surface area contributed by atoms with Crippen molar-refractivity contribution in [2.75, 3.05) is 0 Å². The molecule has 250 valence electrons. The Hall–Kier alpha value is -4.47. The second-order valence-electron chi connectivity index (χ2n) is 13.4. The maximum absolute atomic E-state index is 6.46. The van der Waals surface area contributed by atoms with Crippen LogP contribution in [0, 0.1) is 38.8 Å². The molecule has 0 bridgehead atoms. The van der Waals surface area contributed by atoms with Crippen LogP contribution < -0.4 is 4.74 Å². The second-order valence-corrected chi connectivity index (χ2v) is 13.4. The van der Waals surface area contributed by atoms with Crippen LogP contribution in [0.2, 0.25) is 0 Å². The fourth-order valence-corrected chi connectivity index (χ4v) is 6.83. The van der Waals surface area contributed by atoms with Crippen LogP contribution in [0.4, 0.5) is 0 Å². The summed E-state index contributed by atoms with van der Waals surface area (Å²) < 4.78 is 10.6. The average molecular weight is 826 g/mol. The van der Waals surface area contributed by atoms with Crippen molar-refractivity contribution in [3.05, 3.63) is 132 Å². The third-order valence-electron chi connectivity index (χ3n) is 9.35. The standard InChI is InChI=1S/C43H42N4O.Pt/c1-28(2)12-10-13-30(4)34-18-21-40-39(25-34)38-20-19-37(27-41(38)46(40)42-24-29(3)22-23-44-42)48-36-17-11-16-35(26-36)47-32(6)43(31(5)45-47)33-14-8-7-9-15-33;/h7-9,11,14-25,28,30H,10,12-13H2,1-6H3;/q-2;+2. The van der Waals surface area contributed by atoms with Gasteiger partial charge in [0.05, 0.1) is 5.69 Å². The van der Waals surface area contributed by atoms with Crippen LogP contribution in [-0.4, -0.2) is 19.3 Å². The largest absolute Gasteiger partial charge is 2.00 e. The Morgan fingerprint density at radius 3 is 2.35 bits per heavy atom. The van der Waals surface area contributed by atoms with E-state index in [1.54, 1.807) is 0 Å². The first-order chi connectivity index (χ1) is 23.3. The number of hydrogen-bond acceptors (Lipinski definition) is 3. The van der Waals surface area contributed by atoms with Gasteiger partial charge in [0.2, 0.25) is 0 Å². The molecule has 3 aromatic heterocycles. The van der Waals surface area contributed by atoms with Crippen LogP contribution in [-0.2, 0) is 21.1 Å². The van der Waals surface area contributed by atoms with Crippen molar-refractivity contribution in [1.82, 2.24) is 19.3 Å². The molecule has 0 N–H and O–H groups in total. The zero-order valence-electron chi connectivity index (χ0n) is 29.0. The second kappa shape index (κ2) is 14.6. The summed E-state index contributed by atoms with van der Waals surface area (Å²) >= 11 is 0. The molecule has 0 aliphatic carbocycles. The van der Waals surface area contributed by atoms with Crippen molar-refractivity contribution >= 4 is 21.8 Å². The summed E-state index contributed by atoms with van der Waals surface area (Å²) in [5.41, 5.74) is 9.73. The minimum absolute atomic E-state index is 0. The number of pyridine rings is 1. The Bertz CT molecular complexity index is 2230. The van der Waals surface area contributed by atoms with E-state index < -0.39 is 0 Å². The Labute approximate surface area is 304 Å². The van der Waals surface area contributed by atoms with Crippen LogP contribution in [0.15, 0.2) is 97.2 Å². The number of benzene rings is 4. The molecule has 0 fully saturated rings. The van der Waals surface area contributed by atoms with Crippen LogP contribution in [0.25, 0.3) is 44.4 Å². The van der Waals surface area contributed by atoms with Gasteiger partial charge in [-0.2, -0.15) is 17.2 Å². The normalized spacial score (nSPS) is 12.1. The van der Waals surface area contributed by atoms with Gasteiger partial charge in [0.15, 0.2) is 0 Å². The molecule has 0 saturated heterocycles. The fourth-order valence-electron chi connectivity index (χ4n) is 6.83. The Morgan fingerprint density at radius 1 is 0.776 bits per heavy atom. The fraction of sp³-hybridized carbons (Fsp3) is 0.256. The number of aromatic nitrogens is 4. The number of fused-ring (bicyclic) bond motifs is 3. The van der Waals surface area contributed by atoms with E-state index in [9.17, 15) is 0 Å². The summed E-state index contributed by atoms with van der Waals surface area (Å²) in [5.74, 6) is 3.31. The molecule has 1 unspecified atom stereocenters. The van der Waals surface area contributed by atoms with Gasteiger partial charge in [-0.1, -0.05) is 81.6 Å². The summed E-state index contributed by atoms with van der Waals surface area (Å²) in [6.45, 7) is 13.2. The molecule has 0 radical (unpaired) electrons. The topological polar surface area (TPSA) is 44.9 Å². The number of aryl methyl sites for hydroxylation is 2. The molecule has 0 aliphatic heterocycles. The van der Waals surface area contributed by atoms with E-state index in [-0.39, 0.29) is 21.1 Å². The Balaban J connectivity index is 0.00000417. The molecule has 7 rings (SSSR count). The number of nitrogens with zero attached hydrogens (tertiary/aromatic N) is 4. The Morgan fingerprint density at radius 2 is 1.57 bits per heavy atom. The summed E-state index contributed by atoms with van der Waals surface area (Å²) in [6, 6.07) is 38.6. The summed E-state index contributed by atoms with van der Waals surface area (Å²) in [6.07, 6.45) is 5.56. The van der Waals surface area contributed by atoms with E-state index >= 15 is 0 Å². The molecule has 0 aliphatic rings. The van der Waals surface area contributed by atoms with Gasteiger partial charge in [-0.15, -0.1) is 35.7 Å². The predicted octanol–water partition coefficient (Wildman–Crippen LogP) is 11.3. The molecule has 5 nitrogen and oxygen atoms in total. The maximum atomic E-state index is 6.46. The van der Waals surface area contributed by atoms with Crippen molar-refractivity contribution in [3.63, 3.8) is 0 Å². The van der Waals surface area contributed by atoms with Crippen molar-refractivity contribution in [2.24, 2.45) is 5.92 Å². The van der Waals surface area contributed by atoms with E-state index in [2.05, 4.69) is 113 Å². The van der Waals surface area contributed by atoms with Crippen molar-refractivity contribution in [2.45, 2.75) is 66.7 Å². The molecular weight excluding hydrogens is 784 g/mol. The first kappa shape index (κ1) is 34.4. The minimum Gasteiger partial charge on any atom is -0.509 e. The van der Waals surface area contributed by atoms with Crippen LogP contribution >= 0.6 is 0 Å². The van der Waals surface area contributed by atoms with Gasteiger partial charge in [-0.25, -0.2) is 4.98 Å². The van der Waals surface area contributed by atoms with Gasteiger partial charge in [0.1, 0.15) is 5.82 Å². The van der Waals surface area contributed by atoms with E-state index in [4.69, 9.17) is 14.8 Å². The van der Waals surface area contributed by atoms with Gasteiger partial charge < -0.3 is 9.30 Å². The summed E-state index contributed by atoms with van der Waals surface area (Å²) in [5, 5.41) is 7.21. The molecule has 49 heavy (non-hydrogen) atoms. The third-order valence-corrected chi connectivity index (χ3v) is 9.35. The van der Waals surface area contributed by atoms with Crippen molar-refractivity contribution in [1.29, 1.82) is 0 Å². The van der Waals surface area contributed by atoms with Gasteiger partial charge in [-0.3, -0.25) is 4.68 Å². The summed E-state index contributed by atoms with van der Waals surface area (Å²) in [7, 11) is 0. The number of rotatable bonds is 10.